The van der Waals surface area contributed by atoms with Crippen LogP contribution in [-0.4, -0.2) is 13.0 Å². The molecule has 0 N–H and O–H groups in total. The molecule has 0 fully saturated rings. The molecule has 0 radical (unpaired) electrons. The molecule has 29 heavy (non-hydrogen) atoms. The Morgan fingerprint density at radius 2 is 1.48 bits per heavy atom. The Labute approximate surface area is 191 Å². The average molecular weight is 410 g/mol. The molecule has 0 bridgehead atoms. The van der Waals surface area contributed by atoms with Gasteiger partial charge in [0.05, 0.1) is 4.90 Å². The molecule has 4 aromatic carbocycles. The van der Waals surface area contributed by atoms with Crippen molar-refractivity contribution < 1.29 is 47.3 Å². The predicted octanol–water partition coefficient (Wildman–Crippen LogP) is 2.11. The zero-order valence-electron chi connectivity index (χ0n) is 15.8. The second-order valence-corrected chi connectivity index (χ2v) is 8.19. The van der Waals surface area contributed by atoms with Gasteiger partial charge >= 0.3 is 29.6 Å². The summed E-state index contributed by atoms with van der Waals surface area (Å²) in [5, 5.41) is 2.18. The topological polar surface area (TPSA) is 66.4 Å². The van der Waals surface area contributed by atoms with E-state index in [4.69, 9.17) is 4.74 Å². The van der Waals surface area contributed by atoms with Crippen molar-refractivity contribution in [3.8, 4) is 22.6 Å². The molecule has 138 valence electrons. The van der Waals surface area contributed by atoms with Gasteiger partial charge in [0, 0.05) is 5.39 Å². The summed E-state index contributed by atoms with van der Waals surface area (Å²) in [4.78, 5) is -0.270. The summed E-state index contributed by atoms with van der Waals surface area (Å²) in [6.07, 6.45) is 0.875. The van der Waals surface area contributed by atoms with E-state index in [1.807, 2.05) is 18.2 Å². The normalized spacial score (nSPS) is 12.2. The van der Waals surface area contributed by atoms with Crippen molar-refractivity contribution in [3.63, 3.8) is 0 Å². The minimum absolute atomic E-state index is 0. The molecule has 0 atom stereocenters. The Kier molecular flexibility index (Phi) is 5.27. The zero-order chi connectivity index (χ0) is 19.3. The molecule has 1 aliphatic carbocycles. The fourth-order valence-electron chi connectivity index (χ4n) is 3.86. The maximum Gasteiger partial charge on any atom is 1.00 e. The van der Waals surface area contributed by atoms with Gasteiger partial charge in [-0.25, -0.2) is 8.42 Å². The van der Waals surface area contributed by atoms with Crippen LogP contribution in [0.5, 0.6) is 11.5 Å². The van der Waals surface area contributed by atoms with E-state index in [0.717, 1.165) is 11.8 Å². The monoisotopic (exact) mass is 410 g/mol. The molecule has 0 amide bonds. The van der Waals surface area contributed by atoms with Crippen LogP contribution < -0.4 is 34.3 Å². The van der Waals surface area contributed by atoms with Gasteiger partial charge in [0.25, 0.3) is 0 Å². The molecule has 0 unspecified atom stereocenters. The van der Waals surface area contributed by atoms with Crippen molar-refractivity contribution in [2.45, 2.75) is 11.3 Å². The van der Waals surface area contributed by atoms with E-state index in [1.54, 1.807) is 0 Å². The first-order valence-corrected chi connectivity index (χ1v) is 10.3. The van der Waals surface area contributed by atoms with Crippen LogP contribution in [0.1, 0.15) is 11.1 Å². The fourth-order valence-corrected chi connectivity index (χ4v) is 4.33. The molecular weight excluding hydrogens is 395 g/mol. The number of ether oxygens (including phenoxy) is 1. The zero-order valence-corrected chi connectivity index (χ0v) is 18.6. The third kappa shape index (κ3) is 3.61. The van der Waals surface area contributed by atoms with Crippen LogP contribution >= 0.6 is 0 Å². The number of hydrogen-bond acceptors (Lipinski definition) is 4. The summed E-state index contributed by atoms with van der Waals surface area (Å²) in [6, 6.07) is 24.1. The first kappa shape index (κ1) is 20.1. The second kappa shape index (κ2) is 7.59. The third-order valence-electron chi connectivity index (χ3n) is 5.12. The van der Waals surface area contributed by atoms with Gasteiger partial charge in [-0.1, -0.05) is 48.5 Å². The van der Waals surface area contributed by atoms with E-state index in [9.17, 15) is 13.0 Å². The van der Waals surface area contributed by atoms with Crippen molar-refractivity contribution in [1.82, 2.24) is 0 Å². The van der Waals surface area contributed by atoms with Crippen LogP contribution in [0.25, 0.3) is 21.9 Å². The quantitative estimate of drug-likeness (QED) is 0.338. The summed E-state index contributed by atoms with van der Waals surface area (Å²) < 4.78 is 39.3. The maximum atomic E-state index is 11.1. The summed E-state index contributed by atoms with van der Waals surface area (Å²) in [5.74, 6) is 1.17. The molecule has 0 heterocycles. The van der Waals surface area contributed by atoms with Crippen LogP contribution in [0.4, 0.5) is 0 Å². The molecule has 0 aromatic heterocycles. The van der Waals surface area contributed by atoms with Crippen LogP contribution in [0.15, 0.2) is 83.8 Å². The number of hydrogen-bond donors (Lipinski definition) is 0. The summed E-state index contributed by atoms with van der Waals surface area (Å²) in [6.45, 7) is 0. The van der Waals surface area contributed by atoms with Gasteiger partial charge in [0.2, 0.25) is 0 Å². The number of fused-ring (bicyclic) bond motifs is 2. The number of benzene rings is 4. The minimum Gasteiger partial charge on any atom is -0.744 e. The second-order valence-electron chi connectivity index (χ2n) is 6.81. The molecule has 0 saturated heterocycles. The molecule has 0 aliphatic heterocycles. The smallest absolute Gasteiger partial charge is 0.744 e. The Bertz CT molecular complexity index is 1330. The van der Waals surface area contributed by atoms with E-state index in [0.29, 0.717) is 11.5 Å². The Morgan fingerprint density at radius 3 is 2.24 bits per heavy atom. The van der Waals surface area contributed by atoms with Gasteiger partial charge in [0.1, 0.15) is 21.6 Å². The summed E-state index contributed by atoms with van der Waals surface area (Å²) in [7, 11) is -4.47. The third-order valence-corrected chi connectivity index (χ3v) is 5.97. The molecule has 6 heteroatoms. The predicted molar refractivity (Wildman–Crippen MR) is 107 cm³/mol. The fraction of sp³-hybridized carbons (Fsp3) is 0.0435. The first-order chi connectivity index (χ1) is 13.5. The van der Waals surface area contributed by atoms with Crippen molar-refractivity contribution in [2.75, 3.05) is 0 Å². The average Bonchev–Trinajstić information content (AvgIpc) is 2.69. The van der Waals surface area contributed by atoms with Crippen LogP contribution in [0, 0.1) is 0 Å². The Hall–Kier alpha value is -2.15. The largest absolute Gasteiger partial charge is 1.00 e. The Balaban J connectivity index is 0.00000205. The van der Waals surface area contributed by atoms with Gasteiger partial charge < -0.3 is 9.29 Å². The minimum atomic E-state index is -4.47. The molecule has 5 rings (SSSR count). The van der Waals surface area contributed by atoms with Crippen LogP contribution in [-0.2, 0) is 16.5 Å². The Morgan fingerprint density at radius 1 is 0.759 bits per heavy atom. The van der Waals surface area contributed by atoms with Gasteiger partial charge in [-0.05, 0) is 64.4 Å². The maximum absolute atomic E-state index is 11.1. The van der Waals surface area contributed by atoms with Crippen LogP contribution in [0.3, 0.4) is 0 Å². The standard InChI is InChI=1S/C23H16O4S.Na/c24-28(25,26)18-10-8-17(9-11-18)27-22-13-12-20-19-6-2-1-4-15(19)14-16-5-3-7-21(22)23(16)20;/h1-13H,14H2,(H,24,25,26);/q;+1/p-1. The summed E-state index contributed by atoms with van der Waals surface area (Å²) in [5.41, 5.74) is 4.99. The molecule has 0 spiro atoms. The van der Waals surface area contributed by atoms with Crippen LogP contribution in [0.2, 0.25) is 0 Å². The van der Waals surface area contributed by atoms with Crippen molar-refractivity contribution in [3.05, 3.63) is 90.0 Å². The van der Waals surface area contributed by atoms with E-state index in [-0.39, 0.29) is 34.5 Å². The first-order valence-electron chi connectivity index (χ1n) is 8.87. The van der Waals surface area contributed by atoms with Crippen molar-refractivity contribution in [1.29, 1.82) is 0 Å². The van der Waals surface area contributed by atoms with Gasteiger partial charge in [-0.15, -0.1) is 0 Å². The van der Waals surface area contributed by atoms with Gasteiger partial charge in [-0.3, -0.25) is 0 Å². The molecular formula is C23H15NaO4S. The van der Waals surface area contributed by atoms with Crippen molar-refractivity contribution in [2.24, 2.45) is 0 Å². The van der Waals surface area contributed by atoms with Gasteiger partial charge in [-0.2, -0.15) is 0 Å². The van der Waals surface area contributed by atoms with Gasteiger partial charge in [0.15, 0.2) is 0 Å². The van der Waals surface area contributed by atoms with E-state index in [2.05, 4.69) is 36.4 Å². The molecule has 0 saturated carbocycles. The van der Waals surface area contributed by atoms with E-state index >= 15 is 0 Å². The molecule has 1 aliphatic rings. The summed E-state index contributed by atoms with van der Waals surface area (Å²) >= 11 is 0. The molecule has 4 nitrogen and oxygen atoms in total. The SMILES string of the molecule is O=S(=O)([O-])c1ccc(Oc2ccc3c4c(cccc24)Cc2ccccc2-3)cc1.[Na+]. The number of rotatable bonds is 3. The van der Waals surface area contributed by atoms with Crippen molar-refractivity contribution >= 4 is 20.9 Å². The van der Waals surface area contributed by atoms with E-state index in [1.165, 1.54) is 51.9 Å². The van der Waals surface area contributed by atoms with E-state index < -0.39 is 10.1 Å². The molecule has 4 aromatic rings.